The Morgan fingerprint density at radius 1 is 1.19 bits per heavy atom. The van der Waals surface area contributed by atoms with E-state index in [-0.39, 0.29) is 12.0 Å². The maximum absolute atomic E-state index is 12.2. The molecule has 6 heteroatoms. The largest absolute Gasteiger partial charge is 0.486 e. The molecule has 1 amide bonds. The van der Waals surface area contributed by atoms with E-state index in [1.54, 1.807) is 12.1 Å². The zero-order chi connectivity index (χ0) is 18.4. The number of ether oxygens (including phenoxy) is 2. The van der Waals surface area contributed by atoms with Crippen LogP contribution in [0, 0.1) is 0 Å². The van der Waals surface area contributed by atoms with Crippen molar-refractivity contribution >= 4 is 23.2 Å². The molecule has 1 atom stereocenters. The molecule has 0 aromatic heterocycles. The van der Waals surface area contributed by atoms with Gasteiger partial charge in [0.1, 0.15) is 12.7 Å². The number of likely N-dealkylation sites (N-methyl/N-ethyl adjacent to an activating group) is 1. The van der Waals surface area contributed by atoms with E-state index in [0.717, 1.165) is 18.0 Å². The standard InChI is InChI=1S/C20H23ClN2O3/c1-2-23(12-11-20(24)22-17-8-4-3-7-16(17)21)13-15-14-25-18-9-5-6-10-19(18)26-15/h3-10,15H,2,11-14H2,1H3,(H,22,24). The van der Waals surface area contributed by atoms with Gasteiger partial charge in [0.2, 0.25) is 5.91 Å². The highest BCUT2D eigenvalue weighted by Crippen LogP contribution is 2.31. The van der Waals surface area contributed by atoms with Crippen molar-refractivity contribution in [1.29, 1.82) is 0 Å². The van der Waals surface area contributed by atoms with Gasteiger partial charge in [0.15, 0.2) is 11.5 Å². The molecule has 0 aliphatic carbocycles. The second-order valence-corrected chi connectivity index (χ2v) is 6.58. The Bertz CT molecular complexity index is 753. The summed E-state index contributed by atoms with van der Waals surface area (Å²) in [7, 11) is 0. The lowest BCUT2D eigenvalue weighted by Gasteiger charge is -2.30. The summed E-state index contributed by atoms with van der Waals surface area (Å²) in [4.78, 5) is 14.4. The number of anilines is 1. The molecule has 26 heavy (non-hydrogen) atoms. The minimum absolute atomic E-state index is 0.0449. The summed E-state index contributed by atoms with van der Waals surface area (Å²) in [6, 6.07) is 14.9. The Hall–Kier alpha value is -2.24. The maximum atomic E-state index is 12.2. The van der Waals surface area contributed by atoms with E-state index in [2.05, 4.69) is 17.1 Å². The zero-order valence-electron chi connectivity index (χ0n) is 14.8. The van der Waals surface area contributed by atoms with Gasteiger partial charge in [0.05, 0.1) is 10.7 Å². The summed E-state index contributed by atoms with van der Waals surface area (Å²) >= 11 is 6.07. The van der Waals surface area contributed by atoms with Gasteiger partial charge in [-0.15, -0.1) is 0 Å². The highest BCUT2D eigenvalue weighted by Gasteiger charge is 2.22. The molecule has 0 fully saturated rings. The Morgan fingerprint density at radius 2 is 1.92 bits per heavy atom. The van der Waals surface area contributed by atoms with Crippen LogP contribution in [-0.2, 0) is 4.79 Å². The summed E-state index contributed by atoms with van der Waals surface area (Å²) < 4.78 is 11.8. The number of halogens is 1. The van der Waals surface area contributed by atoms with E-state index in [1.807, 2.05) is 36.4 Å². The van der Waals surface area contributed by atoms with Gasteiger partial charge < -0.3 is 14.8 Å². The van der Waals surface area contributed by atoms with Crippen molar-refractivity contribution in [2.24, 2.45) is 0 Å². The Balaban J connectivity index is 1.48. The van der Waals surface area contributed by atoms with Crippen LogP contribution >= 0.6 is 11.6 Å². The van der Waals surface area contributed by atoms with Crippen molar-refractivity contribution in [3.63, 3.8) is 0 Å². The van der Waals surface area contributed by atoms with Crippen molar-refractivity contribution in [3.05, 3.63) is 53.6 Å². The fourth-order valence-corrected chi connectivity index (χ4v) is 3.04. The van der Waals surface area contributed by atoms with E-state index in [9.17, 15) is 4.79 Å². The van der Waals surface area contributed by atoms with Gasteiger partial charge in [-0.2, -0.15) is 0 Å². The van der Waals surface area contributed by atoms with E-state index in [1.165, 1.54) is 0 Å². The smallest absolute Gasteiger partial charge is 0.225 e. The summed E-state index contributed by atoms with van der Waals surface area (Å²) in [5, 5.41) is 3.39. The molecule has 138 valence electrons. The van der Waals surface area contributed by atoms with Gasteiger partial charge in [-0.1, -0.05) is 42.8 Å². The number of nitrogens with one attached hydrogen (secondary N) is 1. The topological polar surface area (TPSA) is 50.8 Å². The van der Waals surface area contributed by atoms with Crippen LogP contribution in [0.3, 0.4) is 0 Å². The number of fused-ring (bicyclic) bond motifs is 1. The monoisotopic (exact) mass is 374 g/mol. The van der Waals surface area contributed by atoms with Crippen LogP contribution in [0.4, 0.5) is 5.69 Å². The maximum Gasteiger partial charge on any atom is 0.225 e. The lowest BCUT2D eigenvalue weighted by atomic mass is 10.2. The van der Waals surface area contributed by atoms with E-state index in [4.69, 9.17) is 21.1 Å². The van der Waals surface area contributed by atoms with Gasteiger partial charge >= 0.3 is 0 Å². The SMILES string of the molecule is CCN(CCC(=O)Nc1ccccc1Cl)CC1COc2ccccc2O1. The molecule has 5 nitrogen and oxygen atoms in total. The number of carbonyl (C=O) groups excluding carboxylic acids is 1. The van der Waals surface area contributed by atoms with Crippen LogP contribution in [0.25, 0.3) is 0 Å². The van der Waals surface area contributed by atoms with Crippen LogP contribution in [0.15, 0.2) is 48.5 Å². The van der Waals surface area contributed by atoms with Crippen LogP contribution in [-0.4, -0.2) is 43.2 Å². The van der Waals surface area contributed by atoms with Crippen molar-refractivity contribution in [1.82, 2.24) is 4.90 Å². The number of amides is 1. The van der Waals surface area contributed by atoms with Gasteiger partial charge in [-0.3, -0.25) is 9.69 Å². The summed E-state index contributed by atoms with van der Waals surface area (Å²) in [6.07, 6.45) is 0.347. The number of hydrogen-bond donors (Lipinski definition) is 1. The van der Waals surface area contributed by atoms with Gasteiger partial charge in [-0.05, 0) is 30.8 Å². The quantitative estimate of drug-likeness (QED) is 0.800. The number of rotatable bonds is 7. The zero-order valence-corrected chi connectivity index (χ0v) is 15.5. The molecule has 0 saturated heterocycles. The predicted molar refractivity (Wildman–Crippen MR) is 103 cm³/mol. The molecule has 2 aromatic rings. The third-order valence-corrected chi connectivity index (χ3v) is 4.61. The molecule has 1 aliphatic heterocycles. The number of carbonyl (C=O) groups is 1. The molecule has 0 spiro atoms. The Kier molecular flexibility index (Phi) is 6.36. The minimum Gasteiger partial charge on any atom is -0.486 e. The molecule has 0 saturated carbocycles. The summed E-state index contributed by atoms with van der Waals surface area (Å²) in [6.45, 7) is 4.78. The molecule has 3 rings (SSSR count). The highest BCUT2D eigenvalue weighted by molar-refractivity contribution is 6.33. The van der Waals surface area contributed by atoms with Gasteiger partial charge in [0.25, 0.3) is 0 Å². The van der Waals surface area contributed by atoms with Crippen molar-refractivity contribution in [3.8, 4) is 11.5 Å². The first-order chi connectivity index (χ1) is 12.7. The number of benzene rings is 2. The normalized spacial score (nSPS) is 15.7. The minimum atomic E-state index is -0.0530. The lowest BCUT2D eigenvalue weighted by molar-refractivity contribution is -0.116. The summed E-state index contributed by atoms with van der Waals surface area (Å²) in [5.41, 5.74) is 0.642. The molecular weight excluding hydrogens is 352 g/mol. The molecule has 0 radical (unpaired) electrons. The number of para-hydroxylation sites is 3. The predicted octanol–water partition coefficient (Wildman–Crippen LogP) is 3.83. The van der Waals surface area contributed by atoms with Crippen LogP contribution in [0.1, 0.15) is 13.3 Å². The van der Waals surface area contributed by atoms with E-state index in [0.29, 0.717) is 36.8 Å². The third kappa shape index (κ3) is 4.90. The molecule has 2 aromatic carbocycles. The van der Waals surface area contributed by atoms with E-state index < -0.39 is 0 Å². The average Bonchev–Trinajstić information content (AvgIpc) is 2.67. The first-order valence-electron chi connectivity index (χ1n) is 8.81. The molecular formula is C20H23ClN2O3. The Labute approximate surface area is 158 Å². The molecule has 1 aliphatic rings. The fraction of sp³-hybridized carbons (Fsp3) is 0.350. The van der Waals surface area contributed by atoms with Crippen LogP contribution < -0.4 is 14.8 Å². The van der Waals surface area contributed by atoms with E-state index >= 15 is 0 Å². The fourth-order valence-electron chi connectivity index (χ4n) is 2.85. The van der Waals surface area contributed by atoms with Crippen molar-refractivity contribution < 1.29 is 14.3 Å². The lowest BCUT2D eigenvalue weighted by Crippen LogP contribution is -2.41. The van der Waals surface area contributed by atoms with Crippen LogP contribution in [0.5, 0.6) is 11.5 Å². The van der Waals surface area contributed by atoms with Crippen LogP contribution in [0.2, 0.25) is 5.02 Å². The number of nitrogens with zero attached hydrogens (tertiary/aromatic N) is 1. The number of hydrogen-bond acceptors (Lipinski definition) is 4. The molecule has 1 heterocycles. The van der Waals surface area contributed by atoms with Crippen molar-refractivity contribution in [2.75, 3.05) is 31.6 Å². The second kappa shape index (κ2) is 8.92. The molecule has 1 unspecified atom stereocenters. The first-order valence-corrected chi connectivity index (χ1v) is 9.18. The first kappa shape index (κ1) is 18.5. The van der Waals surface area contributed by atoms with Gasteiger partial charge in [0, 0.05) is 19.5 Å². The Morgan fingerprint density at radius 3 is 2.69 bits per heavy atom. The third-order valence-electron chi connectivity index (χ3n) is 4.28. The molecule has 1 N–H and O–H groups in total. The van der Waals surface area contributed by atoms with Gasteiger partial charge in [-0.25, -0.2) is 0 Å². The second-order valence-electron chi connectivity index (χ2n) is 6.17. The summed E-state index contributed by atoms with van der Waals surface area (Å²) in [5.74, 6) is 1.50. The van der Waals surface area contributed by atoms with Crippen molar-refractivity contribution in [2.45, 2.75) is 19.4 Å². The highest BCUT2D eigenvalue weighted by atomic mass is 35.5. The average molecular weight is 375 g/mol. The molecule has 0 bridgehead atoms.